The van der Waals surface area contributed by atoms with E-state index < -0.39 is 12.0 Å². The Kier molecular flexibility index (Phi) is 6.39. The number of fused-ring (bicyclic) bond motifs is 1. The molecule has 0 saturated heterocycles. The predicted octanol–water partition coefficient (Wildman–Crippen LogP) is 2.78. The maximum atomic E-state index is 13.2. The Morgan fingerprint density at radius 2 is 1.97 bits per heavy atom. The number of carbonyl (C=O) groups excluding carboxylic acids is 1. The van der Waals surface area contributed by atoms with Crippen LogP contribution in [0.25, 0.3) is 11.1 Å². The van der Waals surface area contributed by atoms with Crippen LogP contribution in [0.15, 0.2) is 42.5 Å². The van der Waals surface area contributed by atoms with Crippen LogP contribution in [0.4, 0.5) is 0 Å². The summed E-state index contributed by atoms with van der Waals surface area (Å²) in [5.74, 6) is 0.0897. The largest absolute Gasteiger partial charge is 0.492 e. The number of nitrogens with zero attached hydrogens (tertiary/aromatic N) is 1. The average Bonchev–Trinajstić information content (AvgIpc) is 2.82. The molecule has 1 aliphatic rings. The number of nitrogens with two attached hydrogens (primary N) is 1. The molecule has 2 aromatic carbocycles. The highest BCUT2D eigenvalue weighted by Crippen LogP contribution is 2.32. The van der Waals surface area contributed by atoms with Gasteiger partial charge in [-0.25, -0.2) is 0 Å². The van der Waals surface area contributed by atoms with E-state index in [2.05, 4.69) is 0 Å². The fourth-order valence-corrected chi connectivity index (χ4v) is 3.41. The first-order chi connectivity index (χ1) is 13.9. The third-order valence-electron chi connectivity index (χ3n) is 4.83. The molecule has 29 heavy (non-hydrogen) atoms. The fraction of sp³-hybridized carbons (Fsp3) is 0.364. The van der Waals surface area contributed by atoms with Crippen LogP contribution in [0.5, 0.6) is 11.5 Å². The van der Waals surface area contributed by atoms with Crippen LogP contribution in [0.3, 0.4) is 0 Å². The first kappa shape index (κ1) is 20.7. The van der Waals surface area contributed by atoms with E-state index >= 15 is 0 Å². The van der Waals surface area contributed by atoms with Crippen molar-refractivity contribution < 1.29 is 24.2 Å². The van der Waals surface area contributed by atoms with Crippen molar-refractivity contribution >= 4 is 11.9 Å². The van der Waals surface area contributed by atoms with Crippen molar-refractivity contribution in [2.75, 3.05) is 19.7 Å². The highest BCUT2D eigenvalue weighted by atomic mass is 16.5. The van der Waals surface area contributed by atoms with Gasteiger partial charge in [0.1, 0.15) is 24.2 Å². The lowest BCUT2D eigenvalue weighted by Gasteiger charge is -2.28. The zero-order valence-electron chi connectivity index (χ0n) is 16.6. The number of hydrogen-bond acceptors (Lipinski definition) is 5. The predicted molar refractivity (Wildman–Crippen MR) is 109 cm³/mol. The van der Waals surface area contributed by atoms with Gasteiger partial charge in [-0.3, -0.25) is 9.59 Å². The topological polar surface area (TPSA) is 102 Å². The summed E-state index contributed by atoms with van der Waals surface area (Å²) in [6.45, 7) is 4.85. The summed E-state index contributed by atoms with van der Waals surface area (Å²) in [6, 6.07) is 12.6. The second-order valence-electron chi connectivity index (χ2n) is 7.21. The molecular weight excluding hydrogens is 372 g/mol. The minimum absolute atomic E-state index is 0.113. The van der Waals surface area contributed by atoms with E-state index in [4.69, 9.17) is 20.3 Å². The number of rotatable bonds is 7. The lowest BCUT2D eigenvalue weighted by atomic mass is 10.0. The number of aliphatic carboxylic acids is 1. The van der Waals surface area contributed by atoms with Crippen LogP contribution in [0.2, 0.25) is 0 Å². The van der Waals surface area contributed by atoms with Crippen LogP contribution in [0.1, 0.15) is 30.6 Å². The molecule has 0 spiro atoms. The normalized spacial score (nSPS) is 17.1. The number of amides is 1. The summed E-state index contributed by atoms with van der Waals surface area (Å²) in [7, 11) is 0. The lowest BCUT2D eigenvalue weighted by Crippen LogP contribution is -2.43. The van der Waals surface area contributed by atoms with Gasteiger partial charge >= 0.3 is 5.97 Å². The second-order valence-corrected chi connectivity index (χ2v) is 7.21. The third-order valence-corrected chi connectivity index (χ3v) is 4.83. The van der Waals surface area contributed by atoms with Crippen molar-refractivity contribution in [1.82, 2.24) is 4.90 Å². The quantitative estimate of drug-likeness (QED) is 0.744. The number of hydrogen-bond donors (Lipinski definition) is 2. The minimum atomic E-state index is -0.936. The summed E-state index contributed by atoms with van der Waals surface area (Å²) < 4.78 is 11.4. The highest BCUT2D eigenvalue weighted by molar-refractivity contribution is 5.99. The second kappa shape index (κ2) is 8.96. The van der Waals surface area contributed by atoms with Gasteiger partial charge < -0.3 is 25.2 Å². The Hall–Kier alpha value is -3.06. The molecule has 0 aromatic heterocycles. The number of ether oxygens (including phenoxy) is 2. The van der Waals surface area contributed by atoms with Gasteiger partial charge in [0.25, 0.3) is 5.91 Å². The zero-order chi connectivity index (χ0) is 21.0. The zero-order valence-corrected chi connectivity index (χ0v) is 16.6. The first-order valence-corrected chi connectivity index (χ1v) is 9.65. The Morgan fingerprint density at radius 1 is 1.28 bits per heavy atom. The molecule has 1 heterocycles. The standard InChI is InChI=1S/C22H26N2O5/c1-14(11-21(25)26)24-13-15(2)29-20-8-5-17(12-19(20)22(24)27)16-3-6-18(7-4-16)28-10-9-23/h3-8,12,14-15H,9-11,13,23H2,1-2H3,(H,25,26). The number of carboxylic acids is 1. The van der Waals surface area contributed by atoms with E-state index in [1.807, 2.05) is 37.3 Å². The van der Waals surface area contributed by atoms with Crippen molar-refractivity contribution in [3.8, 4) is 22.6 Å². The van der Waals surface area contributed by atoms with E-state index in [0.717, 1.165) is 16.9 Å². The molecule has 0 radical (unpaired) electrons. The smallest absolute Gasteiger partial charge is 0.305 e. The van der Waals surface area contributed by atoms with Crippen molar-refractivity contribution in [3.63, 3.8) is 0 Å². The number of carboxylic acid groups (broad SMARTS) is 1. The molecule has 7 heteroatoms. The van der Waals surface area contributed by atoms with Crippen LogP contribution < -0.4 is 15.2 Å². The van der Waals surface area contributed by atoms with Crippen LogP contribution in [-0.4, -0.2) is 53.7 Å². The molecule has 0 saturated carbocycles. The summed E-state index contributed by atoms with van der Waals surface area (Å²) >= 11 is 0. The van der Waals surface area contributed by atoms with Crippen molar-refractivity contribution in [2.45, 2.75) is 32.4 Å². The van der Waals surface area contributed by atoms with Crippen molar-refractivity contribution in [1.29, 1.82) is 0 Å². The highest BCUT2D eigenvalue weighted by Gasteiger charge is 2.31. The molecule has 3 N–H and O–H groups in total. The number of benzene rings is 2. The minimum Gasteiger partial charge on any atom is -0.492 e. The Bertz CT molecular complexity index is 881. The van der Waals surface area contributed by atoms with Gasteiger partial charge in [-0.05, 0) is 49.2 Å². The summed E-state index contributed by atoms with van der Waals surface area (Å²) in [4.78, 5) is 25.9. The maximum Gasteiger partial charge on any atom is 0.305 e. The summed E-state index contributed by atoms with van der Waals surface area (Å²) in [5, 5.41) is 9.12. The fourth-order valence-electron chi connectivity index (χ4n) is 3.41. The van der Waals surface area contributed by atoms with Gasteiger partial charge in [-0.1, -0.05) is 18.2 Å². The third kappa shape index (κ3) is 4.86. The van der Waals surface area contributed by atoms with Crippen LogP contribution >= 0.6 is 0 Å². The van der Waals surface area contributed by atoms with Gasteiger partial charge in [0.15, 0.2) is 0 Å². The molecule has 2 atom stereocenters. The van der Waals surface area contributed by atoms with Crippen molar-refractivity contribution in [2.24, 2.45) is 5.73 Å². The van der Waals surface area contributed by atoms with Gasteiger partial charge in [0, 0.05) is 12.6 Å². The average molecular weight is 398 g/mol. The lowest BCUT2D eigenvalue weighted by molar-refractivity contribution is -0.138. The molecule has 3 rings (SSSR count). The molecule has 154 valence electrons. The van der Waals surface area contributed by atoms with E-state index in [9.17, 15) is 9.59 Å². The van der Waals surface area contributed by atoms with Gasteiger partial charge in [0.2, 0.25) is 0 Å². The Labute approximate surface area is 170 Å². The summed E-state index contributed by atoms with van der Waals surface area (Å²) in [6.07, 6.45) is -0.348. The molecule has 2 aromatic rings. The first-order valence-electron chi connectivity index (χ1n) is 9.65. The van der Waals surface area contributed by atoms with E-state index in [1.165, 1.54) is 0 Å². The molecule has 0 aliphatic carbocycles. The molecular formula is C22H26N2O5. The van der Waals surface area contributed by atoms with E-state index in [-0.39, 0.29) is 18.4 Å². The molecule has 0 bridgehead atoms. The van der Waals surface area contributed by atoms with E-state index in [1.54, 1.807) is 24.0 Å². The maximum absolute atomic E-state index is 13.2. The molecule has 2 unspecified atom stereocenters. The molecule has 0 fully saturated rings. The Balaban J connectivity index is 1.90. The van der Waals surface area contributed by atoms with E-state index in [0.29, 0.717) is 31.0 Å². The SMILES string of the molecule is CC1CN(C(C)CC(=O)O)C(=O)c2cc(-c3ccc(OCCN)cc3)ccc2O1. The van der Waals surface area contributed by atoms with Crippen LogP contribution in [-0.2, 0) is 4.79 Å². The van der Waals surface area contributed by atoms with Gasteiger partial charge in [-0.2, -0.15) is 0 Å². The number of carbonyl (C=O) groups is 2. The Morgan fingerprint density at radius 3 is 2.62 bits per heavy atom. The van der Waals surface area contributed by atoms with Crippen molar-refractivity contribution in [3.05, 3.63) is 48.0 Å². The summed E-state index contributed by atoms with van der Waals surface area (Å²) in [5.41, 5.74) is 7.69. The molecule has 1 aliphatic heterocycles. The molecule has 1 amide bonds. The van der Waals surface area contributed by atoms with Gasteiger partial charge in [-0.15, -0.1) is 0 Å². The van der Waals surface area contributed by atoms with Gasteiger partial charge in [0.05, 0.1) is 18.5 Å². The van der Waals surface area contributed by atoms with Crippen LogP contribution in [0, 0.1) is 0 Å². The monoisotopic (exact) mass is 398 g/mol. The molecule has 7 nitrogen and oxygen atoms in total.